The summed E-state index contributed by atoms with van der Waals surface area (Å²) < 4.78 is 36.4. The van der Waals surface area contributed by atoms with Crippen molar-refractivity contribution in [2.24, 2.45) is 0 Å². The molecule has 1 rings (SSSR count). The Morgan fingerprint density at radius 2 is 1.83 bits per heavy atom. The molecule has 0 unspecified atom stereocenters. The van der Waals surface area contributed by atoms with Crippen molar-refractivity contribution in [2.45, 2.75) is 12.8 Å². The molecule has 0 saturated heterocycles. The van der Waals surface area contributed by atoms with E-state index in [4.69, 9.17) is 4.74 Å². The Bertz CT molecular complexity index is 453. The van der Waals surface area contributed by atoms with E-state index < -0.39 is 10.1 Å². The van der Waals surface area contributed by atoms with Gasteiger partial charge in [-0.05, 0) is 30.5 Å². The minimum absolute atomic E-state index is 0. The Morgan fingerprint density at radius 3 is 2.33 bits per heavy atom. The number of unbranched alkanes of at least 4 members (excludes halogenated alkanes) is 1. The largest absolute Gasteiger partial charge is 1.00 e. The van der Waals surface area contributed by atoms with Crippen LogP contribution in [0.5, 0.6) is 5.75 Å². The van der Waals surface area contributed by atoms with Crippen LogP contribution in [0.25, 0.3) is 6.08 Å². The van der Waals surface area contributed by atoms with Gasteiger partial charge in [-0.25, -0.2) is 8.42 Å². The molecule has 0 aliphatic rings. The quantitative estimate of drug-likeness (QED) is 0.360. The molecule has 1 aromatic rings. The molecule has 0 heterocycles. The van der Waals surface area contributed by atoms with Gasteiger partial charge < -0.3 is 9.29 Å². The summed E-state index contributed by atoms with van der Waals surface area (Å²) in [5, 5.41) is 0. The maximum atomic E-state index is 10.3. The summed E-state index contributed by atoms with van der Waals surface area (Å²) in [6.45, 7) is 4.05. The second kappa shape index (κ2) is 8.38. The molecule has 0 spiro atoms. The van der Waals surface area contributed by atoms with E-state index >= 15 is 0 Å². The number of hydrogen-bond acceptors (Lipinski definition) is 4. The molecule has 1 aromatic carbocycles. The molecule has 0 aliphatic heterocycles. The second-order valence-electron chi connectivity index (χ2n) is 3.59. The molecular weight excluding hydrogens is 247 g/mol. The molecule has 0 amide bonds. The summed E-state index contributed by atoms with van der Waals surface area (Å²) in [7, 11) is -4.09. The van der Waals surface area contributed by atoms with Crippen LogP contribution in [0.1, 0.15) is 18.4 Å². The van der Waals surface area contributed by atoms with E-state index in [0.29, 0.717) is 19.4 Å². The Labute approximate surface area is 120 Å². The molecule has 4 nitrogen and oxygen atoms in total. The molecule has 18 heavy (non-hydrogen) atoms. The van der Waals surface area contributed by atoms with Gasteiger partial charge in [0.05, 0.1) is 16.7 Å². The summed E-state index contributed by atoms with van der Waals surface area (Å²) in [4.78, 5) is 0. The number of ether oxygens (including phenoxy) is 1. The molecule has 94 valence electrons. The van der Waals surface area contributed by atoms with Gasteiger partial charge in [-0.3, -0.25) is 0 Å². The van der Waals surface area contributed by atoms with Crippen LogP contribution < -0.4 is 23.6 Å². The van der Waals surface area contributed by atoms with Gasteiger partial charge in [-0.1, -0.05) is 24.8 Å². The van der Waals surface area contributed by atoms with Gasteiger partial charge in [0, 0.05) is 5.75 Å². The monoisotopic (exact) mass is 262 g/mol. The van der Waals surface area contributed by atoms with Crippen LogP contribution in [-0.4, -0.2) is 25.3 Å². The SMILES string of the molecule is C=Cc1ccc(OCCCCS(=O)(=O)[O-])cc1.[Li+]. The minimum atomic E-state index is -4.09. The van der Waals surface area contributed by atoms with Crippen molar-refractivity contribution in [3.63, 3.8) is 0 Å². The maximum absolute atomic E-state index is 10.3. The van der Waals surface area contributed by atoms with Crippen LogP contribution in [0.15, 0.2) is 30.8 Å². The van der Waals surface area contributed by atoms with Crippen molar-refractivity contribution < 1.29 is 36.6 Å². The molecule has 0 aromatic heterocycles. The van der Waals surface area contributed by atoms with Crippen molar-refractivity contribution in [2.75, 3.05) is 12.4 Å². The molecule has 0 saturated carbocycles. The summed E-state index contributed by atoms with van der Waals surface area (Å²) in [6.07, 6.45) is 2.62. The van der Waals surface area contributed by atoms with Gasteiger partial charge in [0.25, 0.3) is 0 Å². The van der Waals surface area contributed by atoms with Gasteiger partial charge in [0.1, 0.15) is 5.75 Å². The van der Waals surface area contributed by atoms with Crippen LogP contribution in [-0.2, 0) is 10.1 Å². The Balaban J connectivity index is 0.00000289. The first kappa shape index (κ1) is 17.3. The van der Waals surface area contributed by atoms with E-state index in [1.165, 1.54) is 0 Å². The van der Waals surface area contributed by atoms with Crippen molar-refractivity contribution in [3.05, 3.63) is 36.4 Å². The zero-order chi connectivity index (χ0) is 12.7. The molecule has 0 radical (unpaired) electrons. The summed E-state index contributed by atoms with van der Waals surface area (Å²) in [5.74, 6) is 0.395. The molecule has 0 N–H and O–H groups in total. The average molecular weight is 262 g/mol. The minimum Gasteiger partial charge on any atom is -0.748 e. The number of hydrogen-bond donors (Lipinski definition) is 0. The normalized spacial score (nSPS) is 10.5. The van der Waals surface area contributed by atoms with Crippen molar-refractivity contribution >= 4 is 16.2 Å². The van der Waals surface area contributed by atoms with Crippen molar-refractivity contribution in [3.8, 4) is 5.75 Å². The van der Waals surface area contributed by atoms with E-state index in [1.54, 1.807) is 6.08 Å². The smallest absolute Gasteiger partial charge is 0.748 e. The topological polar surface area (TPSA) is 66.4 Å². The van der Waals surface area contributed by atoms with E-state index in [1.807, 2.05) is 24.3 Å². The van der Waals surface area contributed by atoms with E-state index in [2.05, 4.69) is 6.58 Å². The van der Waals surface area contributed by atoms with Crippen molar-refractivity contribution in [1.29, 1.82) is 0 Å². The van der Waals surface area contributed by atoms with Gasteiger partial charge in [-0.15, -0.1) is 0 Å². The van der Waals surface area contributed by atoms with Gasteiger partial charge >= 0.3 is 18.9 Å². The molecule has 0 bridgehead atoms. The fraction of sp³-hybridized carbons (Fsp3) is 0.333. The molecule has 0 aliphatic carbocycles. The number of benzene rings is 1. The Hall–Kier alpha value is -0.733. The average Bonchev–Trinajstić information content (AvgIpc) is 2.28. The van der Waals surface area contributed by atoms with Crippen LogP contribution in [0.3, 0.4) is 0 Å². The standard InChI is InChI=1S/C12H16O4S.Li/c1-2-11-5-7-12(8-6-11)16-9-3-4-10-17(13,14)15;/h2,5-8H,1,3-4,9-10H2,(H,13,14,15);/q;+1/p-1. The molecular formula is C12H15LiO4S. The molecule has 0 fully saturated rings. The van der Waals surface area contributed by atoms with E-state index in [9.17, 15) is 13.0 Å². The maximum Gasteiger partial charge on any atom is 1.00 e. The van der Waals surface area contributed by atoms with Crippen LogP contribution >= 0.6 is 0 Å². The summed E-state index contributed by atoms with van der Waals surface area (Å²) in [5.41, 5.74) is 1.01. The zero-order valence-electron chi connectivity index (χ0n) is 10.5. The predicted molar refractivity (Wildman–Crippen MR) is 65.8 cm³/mol. The van der Waals surface area contributed by atoms with Gasteiger partial charge in [0.2, 0.25) is 0 Å². The zero-order valence-corrected chi connectivity index (χ0v) is 11.3. The van der Waals surface area contributed by atoms with Gasteiger partial charge in [-0.2, -0.15) is 0 Å². The Kier molecular flexibility index (Phi) is 8.04. The first-order valence-electron chi connectivity index (χ1n) is 5.30. The first-order chi connectivity index (χ1) is 8.01. The molecule has 6 heteroatoms. The molecule has 0 atom stereocenters. The van der Waals surface area contributed by atoms with Crippen LogP contribution in [0.4, 0.5) is 0 Å². The van der Waals surface area contributed by atoms with Crippen molar-refractivity contribution in [1.82, 2.24) is 0 Å². The third-order valence-corrected chi connectivity index (χ3v) is 2.96. The van der Waals surface area contributed by atoms with E-state index in [0.717, 1.165) is 11.3 Å². The van der Waals surface area contributed by atoms with E-state index in [-0.39, 0.29) is 24.6 Å². The third kappa shape index (κ3) is 7.57. The fourth-order valence-electron chi connectivity index (χ4n) is 1.27. The van der Waals surface area contributed by atoms with Gasteiger partial charge in [0.15, 0.2) is 0 Å². The Morgan fingerprint density at radius 1 is 1.22 bits per heavy atom. The van der Waals surface area contributed by atoms with Crippen LogP contribution in [0.2, 0.25) is 0 Å². The number of rotatable bonds is 7. The fourth-order valence-corrected chi connectivity index (χ4v) is 1.83. The third-order valence-electron chi connectivity index (χ3n) is 2.17. The van der Waals surface area contributed by atoms with Crippen LogP contribution in [0, 0.1) is 0 Å². The summed E-state index contributed by atoms with van der Waals surface area (Å²) in [6, 6.07) is 7.40. The second-order valence-corrected chi connectivity index (χ2v) is 5.11. The predicted octanol–water partition coefficient (Wildman–Crippen LogP) is -0.962. The summed E-state index contributed by atoms with van der Waals surface area (Å²) >= 11 is 0. The first-order valence-corrected chi connectivity index (χ1v) is 6.88.